The Morgan fingerprint density at radius 1 is 1.36 bits per heavy atom. The van der Waals surface area contributed by atoms with Crippen LogP contribution in [0.1, 0.15) is 12.8 Å². The number of carbonyl (C=O) groups excluding carboxylic acids is 1. The Hall–Kier alpha value is -0.810. The Bertz CT molecular complexity index is 169. The number of carbonyl (C=O) groups is 1. The molecule has 0 atom stereocenters. The van der Waals surface area contributed by atoms with Crippen LogP contribution in [-0.2, 0) is 9.47 Å². The molecule has 1 saturated heterocycles. The fourth-order valence-electron chi connectivity index (χ4n) is 1.36. The molecule has 1 fully saturated rings. The summed E-state index contributed by atoms with van der Waals surface area (Å²) in [5, 5.41) is 2.69. The monoisotopic (exact) mass is 202 g/mol. The molecule has 0 spiro atoms. The first kappa shape index (κ1) is 11.3. The summed E-state index contributed by atoms with van der Waals surface area (Å²) in [4.78, 5) is 13.2. The van der Waals surface area contributed by atoms with Crippen LogP contribution in [0.2, 0.25) is 0 Å². The molecule has 0 saturated carbocycles. The number of hydrogen-bond acceptors (Lipinski definition) is 3. The number of ether oxygens (including phenoxy) is 2. The highest BCUT2D eigenvalue weighted by atomic mass is 16.5. The summed E-state index contributed by atoms with van der Waals surface area (Å²) in [6.07, 6.45) is 2.22. The summed E-state index contributed by atoms with van der Waals surface area (Å²) in [6.45, 7) is 3.06. The van der Waals surface area contributed by atoms with Crippen LogP contribution in [0.5, 0.6) is 0 Å². The summed E-state index contributed by atoms with van der Waals surface area (Å²) in [7, 11) is 1.62. The van der Waals surface area contributed by atoms with Crippen molar-refractivity contribution >= 4 is 6.03 Å². The van der Waals surface area contributed by atoms with E-state index in [-0.39, 0.29) is 12.8 Å². The van der Waals surface area contributed by atoms with Crippen molar-refractivity contribution in [1.82, 2.24) is 10.2 Å². The molecule has 0 aliphatic carbocycles. The average Bonchev–Trinajstić information content (AvgIpc) is 2.70. The second kappa shape index (κ2) is 6.62. The fraction of sp³-hybridized carbons (Fsp3) is 0.889. The van der Waals surface area contributed by atoms with E-state index in [1.54, 1.807) is 12.0 Å². The molecule has 1 aliphatic heterocycles. The molecule has 0 unspecified atom stereocenters. The van der Waals surface area contributed by atoms with Crippen LogP contribution >= 0.6 is 0 Å². The van der Waals surface area contributed by atoms with Crippen molar-refractivity contribution in [3.63, 3.8) is 0 Å². The molecule has 1 aliphatic rings. The first-order chi connectivity index (χ1) is 6.84. The van der Waals surface area contributed by atoms with Crippen molar-refractivity contribution < 1.29 is 14.3 Å². The van der Waals surface area contributed by atoms with Crippen LogP contribution in [0, 0.1) is 0 Å². The lowest BCUT2D eigenvalue weighted by Crippen LogP contribution is -2.39. The van der Waals surface area contributed by atoms with E-state index in [0.29, 0.717) is 13.2 Å². The number of amides is 2. The average molecular weight is 202 g/mol. The minimum Gasteiger partial charge on any atom is -0.382 e. The zero-order valence-corrected chi connectivity index (χ0v) is 8.62. The van der Waals surface area contributed by atoms with E-state index in [1.165, 1.54) is 0 Å². The molecular weight excluding hydrogens is 184 g/mol. The zero-order chi connectivity index (χ0) is 10.2. The maximum absolute atomic E-state index is 11.4. The summed E-state index contributed by atoms with van der Waals surface area (Å²) < 4.78 is 9.92. The van der Waals surface area contributed by atoms with Gasteiger partial charge in [-0.1, -0.05) is 0 Å². The Labute approximate surface area is 84.4 Å². The van der Waals surface area contributed by atoms with Gasteiger partial charge in [0.05, 0.1) is 13.2 Å². The minimum absolute atomic E-state index is 0.0279. The van der Waals surface area contributed by atoms with Gasteiger partial charge in [0.2, 0.25) is 0 Å². The number of urea groups is 1. The molecule has 0 aromatic rings. The molecular formula is C9H18N2O3. The molecule has 2 amide bonds. The third-order valence-corrected chi connectivity index (χ3v) is 2.15. The highest BCUT2D eigenvalue weighted by Gasteiger charge is 2.16. The van der Waals surface area contributed by atoms with Crippen molar-refractivity contribution in [3.05, 3.63) is 0 Å². The van der Waals surface area contributed by atoms with Gasteiger partial charge in [-0.15, -0.1) is 0 Å². The summed E-state index contributed by atoms with van der Waals surface area (Å²) in [5.41, 5.74) is 0. The number of hydrogen-bond donors (Lipinski definition) is 1. The molecule has 0 bridgehead atoms. The van der Waals surface area contributed by atoms with Gasteiger partial charge in [-0.3, -0.25) is 0 Å². The zero-order valence-electron chi connectivity index (χ0n) is 8.62. The molecule has 82 valence electrons. The van der Waals surface area contributed by atoms with E-state index in [4.69, 9.17) is 9.47 Å². The molecule has 0 aromatic heterocycles. The lowest BCUT2D eigenvalue weighted by molar-refractivity contribution is 0.0622. The summed E-state index contributed by atoms with van der Waals surface area (Å²) in [5.74, 6) is 0. The maximum Gasteiger partial charge on any atom is 0.319 e. The van der Waals surface area contributed by atoms with Gasteiger partial charge < -0.3 is 19.7 Å². The smallest absolute Gasteiger partial charge is 0.319 e. The Morgan fingerprint density at radius 3 is 2.71 bits per heavy atom. The minimum atomic E-state index is -0.0279. The highest BCUT2D eigenvalue weighted by molar-refractivity contribution is 5.74. The largest absolute Gasteiger partial charge is 0.382 e. The van der Waals surface area contributed by atoms with E-state index >= 15 is 0 Å². The third-order valence-electron chi connectivity index (χ3n) is 2.15. The number of likely N-dealkylation sites (tertiary alicyclic amines) is 1. The van der Waals surface area contributed by atoms with Gasteiger partial charge in [0.25, 0.3) is 0 Å². The van der Waals surface area contributed by atoms with Crippen LogP contribution < -0.4 is 5.32 Å². The van der Waals surface area contributed by atoms with Crippen molar-refractivity contribution in [3.8, 4) is 0 Å². The third kappa shape index (κ3) is 3.93. The van der Waals surface area contributed by atoms with E-state index in [2.05, 4.69) is 5.32 Å². The van der Waals surface area contributed by atoms with Crippen LogP contribution in [0.15, 0.2) is 0 Å². The van der Waals surface area contributed by atoms with Gasteiger partial charge in [0.1, 0.15) is 6.73 Å². The van der Waals surface area contributed by atoms with Gasteiger partial charge in [-0.25, -0.2) is 4.79 Å². The Morgan fingerprint density at radius 2 is 2.07 bits per heavy atom. The molecule has 1 rings (SSSR count). The number of nitrogens with zero attached hydrogens (tertiary/aromatic N) is 1. The fourth-order valence-corrected chi connectivity index (χ4v) is 1.36. The molecule has 1 heterocycles. The van der Waals surface area contributed by atoms with Gasteiger partial charge in [-0.2, -0.15) is 0 Å². The molecule has 5 heteroatoms. The topological polar surface area (TPSA) is 50.8 Å². The van der Waals surface area contributed by atoms with Gasteiger partial charge >= 0.3 is 6.03 Å². The van der Waals surface area contributed by atoms with Gasteiger partial charge in [0.15, 0.2) is 0 Å². The number of methoxy groups -OCH3 is 1. The van der Waals surface area contributed by atoms with Crippen molar-refractivity contribution in [2.45, 2.75) is 12.8 Å². The summed E-state index contributed by atoms with van der Waals surface area (Å²) >= 11 is 0. The van der Waals surface area contributed by atoms with Crippen LogP contribution in [0.25, 0.3) is 0 Å². The van der Waals surface area contributed by atoms with Gasteiger partial charge in [0, 0.05) is 20.2 Å². The lowest BCUT2D eigenvalue weighted by Gasteiger charge is -2.15. The Balaban J connectivity index is 1.97. The van der Waals surface area contributed by atoms with Crippen molar-refractivity contribution in [1.29, 1.82) is 0 Å². The van der Waals surface area contributed by atoms with Crippen LogP contribution in [0.3, 0.4) is 0 Å². The van der Waals surface area contributed by atoms with E-state index < -0.39 is 0 Å². The first-order valence-electron chi connectivity index (χ1n) is 4.94. The van der Waals surface area contributed by atoms with E-state index in [0.717, 1.165) is 25.9 Å². The SMILES string of the molecule is COCCOCNC(=O)N1CCCC1. The van der Waals surface area contributed by atoms with E-state index in [1.807, 2.05) is 0 Å². The van der Waals surface area contributed by atoms with Crippen LogP contribution in [-0.4, -0.2) is 51.1 Å². The molecule has 0 radical (unpaired) electrons. The number of nitrogens with one attached hydrogen (secondary N) is 1. The second-order valence-corrected chi connectivity index (χ2v) is 3.22. The van der Waals surface area contributed by atoms with Crippen molar-refractivity contribution in [2.24, 2.45) is 0 Å². The lowest BCUT2D eigenvalue weighted by atomic mass is 10.4. The number of rotatable bonds is 5. The first-order valence-corrected chi connectivity index (χ1v) is 4.94. The molecule has 5 nitrogen and oxygen atoms in total. The Kier molecular flexibility index (Phi) is 5.32. The second-order valence-electron chi connectivity index (χ2n) is 3.22. The van der Waals surface area contributed by atoms with E-state index in [9.17, 15) is 4.79 Å². The van der Waals surface area contributed by atoms with Crippen molar-refractivity contribution in [2.75, 3.05) is 40.1 Å². The normalized spacial score (nSPS) is 15.9. The maximum atomic E-state index is 11.4. The quantitative estimate of drug-likeness (QED) is 0.519. The highest BCUT2D eigenvalue weighted by Crippen LogP contribution is 2.06. The molecule has 14 heavy (non-hydrogen) atoms. The molecule has 1 N–H and O–H groups in total. The predicted octanol–water partition coefficient (Wildman–Crippen LogP) is 0.412. The predicted molar refractivity (Wildman–Crippen MR) is 52.0 cm³/mol. The molecule has 0 aromatic carbocycles. The standard InChI is InChI=1S/C9H18N2O3/c1-13-6-7-14-8-10-9(12)11-4-2-3-5-11/h2-8H2,1H3,(H,10,12). The van der Waals surface area contributed by atoms with Crippen LogP contribution in [0.4, 0.5) is 4.79 Å². The summed E-state index contributed by atoms with van der Waals surface area (Å²) in [6, 6.07) is -0.0279. The van der Waals surface area contributed by atoms with Gasteiger partial charge in [-0.05, 0) is 12.8 Å².